The van der Waals surface area contributed by atoms with E-state index >= 15 is 0 Å². The van der Waals surface area contributed by atoms with E-state index in [0.29, 0.717) is 0 Å². The van der Waals surface area contributed by atoms with Gasteiger partial charge in [0.15, 0.2) is 0 Å². The lowest BCUT2D eigenvalue weighted by atomic mass is 10.1. The molecule has 0 amide bonds. The Bertz CT molecular complexity index is 335. The number of benzene rings is 1. The van der Waals surface area contributed by atoms with Gasteiger partial charge in [0.05, 0.1) is 0 Å². The molecule has 0 bridgehead atoms. The average Bonchev–Trinajstić information content (AvgIpc) is 2.15. The van der Waals surface area contributed by atoms with Crippen molar-refractivity contribution < 1.29 is 5.11 Å². The average molecular weight is 156 g/mol. The summed E-state index contributed by atoms with van der Waals surface area (Å²) in [6.45, 7) is 0. The fraction of sp³-hybridized carbons (Fsp3) is 0.0909. The zero-order chi connectivity index (χ0) is 8.81. The number of rotatable bonds is 1. The van der Waals surface area contributed by atoms with Crippen LogP contribution >= 0.6 is 0 Å². The minimum atomic E-state index is -0.776. The van der Waals surface area contributed by atoms with Crippen molar-refractivity contribution in [2.24, 2.45) is 0 Å². The molecule has 1 unspecified atom stereocenters. The monoisotopic (exact) mass is 156 g/mol. The van der Waals surface area contributed by atoms with Crippen molar-refractivity contribution in [3.8, 4) is 24.2 Å². The minimum Gasteiger partial charge on any atom is -0.376 e. The van der Waals surface area contributed by atoms with Gasteiger partial charge in [-0.05, 0) is 17.4 Å². The Morgan fingerprint density at radius 2 is 1.92 bits per heavy atom. The summed E-state index contributed by atoms with van der Waals surface area (Å²) < 4.78 is 0. The second-order valence-electron chi connectivity index (χ2n) is 2.23. The second kappa shape index (κ2) is 4.23. The summed E-state index contributed by atoms with van der Waals surface area (Å²) in [6.07, 6.45) is 4.14. The Morgan fingerprint density at radius 3 is 2.50 bits per heavy atom. The van der Waals surface area contributed by atoms with Crippen molar-refractivity contribution in [2.45, 2.75) is 6.10 Å². The van der Waals surface area contributed by atoms with E-state index in [1.165, 1.54) is 0 Å². The summed E-state index contributed by atoms with van der Waals surface area (Å²) in [7, 11) is 0. The largest absolute Gasteiger partial charge is 0.376 e. The van der Waals surface area contributed by atoms with Crippen LogP contribution in [0.25, 0.3) is 0 Å². The molecule has 0 aromatic heterocycles. The molecule has 0 fully saturated rings. The van der Waals surface area contributed by atoms with E-state index in [1.54, 1.807) is 12.1 Å². The van der Waals surface area contributed by atoms with E-state index in [9.17, 15) is 5.11 Å². The lowest BCUT2D eigenvalue weighted by molar-refractivity contribution is 0.238. The van der Waals surface area contributed by atoms with Gasteiger partial charge >= 0.3 is 0 Å². The molecule has 0 radical (unpaired) electrons. The Morgan fingerprint density at radius 1 is 1.25 bits per heavy atom. The molecular weight excluding hydrogens is 148 g/mol. The van der Waals surface area contributed by atoms with Crippen LogP contribution in [0.5, 0.6) is 0 Å². The summed E-state index contributed by atoms with van der Waals surface area (Å²) in [5.74, 6) is 7.04. The Labute approximate surface area is 72.0 Å². The highest BCUT2D eigenvalue weighted by molar-refractivity contribution is 5.29. The molecule has 1 aromatic carbocycles. The minimum absolute atomic E-state index is 0.764. The summed E-state index contributed by atoms with van der Waals surface area (Å²) >= 11 is 0. The van der Waals surface area contributed by atoms with Crippen molar-refractivity contribution in [3.63, 3.8) is 0 Å². The summed E-state index contributed by atoms with van der Waals surface area (Å²) in [5, 5.41) is 9.38. The van der Waals surface area contributed by atoms with E-state index in [0.717, 1.165) is 5.56 Å². The zero-order valence-corrected chi connectivity index (χ0v) is 6.49. The highest BCUT2D eigenvalue weighted by Crippen LogP contribution is 2.09. The first-order valence-corrected chi connectivity index (χ1v) is 3.53. The predicted molar refractivity (Wildman–Crippen MR) is 48.0 cm³/mol. The fourth-order valence-corrected chi connectivity index (χ4v) is 0.829. The first kappa shape index (κ1) is 8.40. The lowest BCUT2D eigenvalue weighted by Crippen LogP contribution is -1.91. The smallest absolute Gasteiger partial charge is 0.141 e. The van der Waals surface area contributed by atoms with E-state index in [4.69, 9.17) is 6.42 Å². The van der Waals surface area contributed by atoms with Gasteiger partial charge in [0, 0.05) is 0 Å². The van der Waals surface area contributed by atoms with E-state index < -0.39 is 6.10 Å². The topological polar surface area (TPSA) is 20.2 Å². The third-order valence-electron chi connectivity index (χ3n) is 1.40. The van der Waals surface area contributed by atoms with E-state index in [2.05, 4.69) is 17.8 Å². The van der Waals surface area contributed by atoms with Crippen LogP contribution in [0.4, 0.5) is 0 Å². The van der Waals surface area contributed by atoms with Gasteiger partial charge in [0.2, 0.25) is 0 Å². The number of terminal acetylenes is 1. The molecule has 0 saturated carbocycles. The molecule has 0 aliphatic carbocycles. The summed E-state index contributed by atoms with van der Waals surface area (Å²) in [4.78, 5) is 0. The second-order valence-corrected chi connectivity index (χ2v) is 2.23. The first-order chi connectivity index (χ1) is 5.84. The number of aliphatic hydroxyl groups excluding tert-OH is 1. The van der Waals surface area contributed by atoms with E-state index in [-0.39, 0.29) is 0 Å². The van der Waals surface area contributed by atoms with Gasteiger partial charge in [0.25, 0.3) is 0 Å². The number of hydrogen-bond acceptors (Lipinski definition) is 1. The van der Waals surface area contributed by atoms with Gasteiger partial charge in [-0.1, -0.05) is 36.3 Å². The van der Waals surface area contributed by atoms with Crippen LogP contribution in [-0.2, 0) is 0 Å². The van der Waals surface area contributed by atoms with Gasteiger partial charge in [-0.25, -0.2) is 0 Å². The molecule has 1 N–H and O–H groups in total. The molecule has 1 nitrogen and oxygen atoms in total. The summed E-state index contributed by atoms with van der Waals surface area (Å²) in [5.41, 5.74) is 0.764. The molecule has 0 saturated heterocycles. The van der Waals surface area contributed by atoms with Crippen molar-refractivity contribution >= 4 is 0 Å². The summed E-state index contributed by atoms with van der Waals surface area (Å²) in [6, 6.07) is 9.17. The molecule has 0 aliphatic rings. The van der Waals surface area contributed by atoms with E-state index in [1.807, 2.05) is 18.2 Å². The molecule has 1 heteroatoms. The van der Waals surface area contributed by atoms with Crippen LogP contribution in [0.3, 0.4) is 0 Å². The van der Waals surface area contributed by atoms with Crippen molar-refractivity contribution in [3.05, 3.63) is 35.9 Å². The predicted octanol–water partition coefficient (Wildman–Crippen LogP) is 1.36. The SMILES string of the molecule is C#CC#CC(O)c1ccccc1. The van der Waals surface area contributed by atoms with Crippen molar-refractivity contribution in [1.82, 2.24) is 0 Å². The highest BCUT2D eigenvalue weighted by Gasteiger charge is 1.99. The van der Waals surface area contributed by atoms with Gasteiger partial charge in [0.1, 0.15) is 6.10 Å². The molecule has 12 heavy (non-hydrogen) atoms. The van der Waals surface area contributed by atoms with Crippen LogP contribution < -0.4 is 0 Å². The molecular formula is C11H8O. The molecule has 1 aromatic rings. The maximum Gasteiger partial charge on any atom is 0.141 e. The maximum absolute atomic E-state index is 9.38. The quantitative estimate of drug-likeness (QED) is 0.608. The fourth-order valence-electron chi connectivity index (χ4n) is 0.829. The van der Waals surface area contributed by atoms with Gasteiger partial charge in [-0.2, -0.15) is 0 Å². The number of aliphatic hydroxyl groups is 1. The lowest BCUT2D eigenvalue weighted by Gasteiger charge is -2.00. The third kappa shape index (κ3) is 2.16. The third-order valence-corrected chi connectivity index (χ3v) is 1.40. The molecule has 0 spiro atoms. The molecule has 0 heterocycles. The maximum atomic E-state index is 9.38. The first-order valence-electron chi connectivity index (χ1n) is 3.53. The number of hydrogen-bond donors (Lipinski definition) is 1. The Kier molecular flexibility index (Phi) is 2.96. The van der Waals surface area contributed by atoms with Gasteiger partial charge in [-0.15, -0.1) is 6.42 Å². The van der Waals surface area contributed by atoms with Crippen LogP contribution in [0, 0.1) is 24.2 Å². The Balaban J connectivity index is 2.80. The van der Waals surface area contributed by atoms with Crippen LogP contribution in [0.2, 0.25) is 0 Å². The normalized spacial score (nSPS) is 10.7. The highest BCUT2D eigenvalue weighted by atomic mass is 16.3. The van der Waals surface area contributed by atoms with Gasteiger partial charge in [-0.3, -0.25) is 0 Å². The van der Waals surface area contributed by atoms with Crippen LogP contribution in [0.15, 0.2) is 30.3 Å². The molecule has 1 rings (SSSR count). The standard InChI is InChI=1S/C11H8O/c1-2-3-9-11(12)10-7-5-4-6-8-10/h1,4-8,11-12H. The molecule has 1 atom stereocenters. The van der Waals surface area contributed by atoms with Gasteiger partial charge < -0.3 is 5.11 Å². The van der Waals surface area contributed by atoms with Crippen LogP contribution in [0.1, 0.15) is 11.7 Å². The Hall–Kier alpha value is -1.70. The zero-order valence-electron chi connectivity index (χ0n) is 6.49. The van der Waals surface area contributed by atoms with Crippen LogP contribution in [-0.4, -0.2) is 5.11 Å². The van der Waals surface area contributed by atoms with Crippen molar-refractivity contribution in [2.75, 3.05) is 0 Å². The molecule has 58 valence electrons. The van der Waals surface area contributed by atoms with Crippen molar-refractivity contribution in [1.29, 1.82) is 0 Å². The molecule has 0 aliphatic heterocycles.